The molecule has 5 heteroatoms. The Morgan fingerprint density at radius 2 is 1.89 bits per heavy atom. The number of hydrogen-bond donors (Lipinski definition) is 0. The normalized spacial score (nSPS) is 12.3. The molecular formula is C14H10BrCl2FO. The predicted octanol–water partition coefficient (Wildman–Crippen LogP) is 5.63. The first-order valence-corrected chi connectivity index (χ1v) is 7.13. The van der Waals surface area contributed by atoms with Gasteiger partial charge in [0, 0.05) is 10.6 Å². The highest BCUT2D eigenvalue weighted by molar-refractivity contribution is 9.09. The summed E-state index contributed by atoms with van der Waals surface area (Å²) in [6, 6.07) is 9.87. The van der Waals surface area contributed by atoms with Crippen molar-refractivity contribution in [2.45, 2.75) is 4.83 Å². The topological polar surface area (TPSA) is 9.23 Å². The summed E-state index contributed by atoms with van der Waals surface area (Å²) in [7, 11) is 1.54. The maximum Gasteiger partial charge on any atom is 0.137 e. The van der Waals surface area contributed by atoms with E-state index in [-0.39, 0.29) is 10.6 Å². The van der Waals surface area contributed by atoms with E-state index in [0.717, 1.165) is 5.56 Å². The van der Waals surface area contributed by atoms with Crippen LogP contribution in [0.25, 0.3) is 0 Å². The van der Waals surface area contributed by atoms with E-state index in [0.29, 0.717) is 21.4 Å². The van der Waals surface area contributed by atoms with Gasteiger partial charge in [-0.1, -0.05) is 51.3 Å². The number of alkyl halides is 1. The zero-order chi connectivity index (χ0) is 14.0. The highest BCUT2D eigenvalue weighted by atomic mass is 79.9. The molecule has 0 radical (unpaired) electrons. The fourth-order valence-corrected chi connectivity index (χ4v) is 3.18. The van der Waals surface area contributed by atoms with Gasteiger partial charge < -0.3 is 4.74 Å². The Morgan fingerprint density at radius 1 is 1.16 bits per heavy atom. The Labute approximate surface area is 129 Å². The lowest BCUT2D eigenvalue weighted by molar-refractivity contribution is 0.415. The maximum atomic E-state index is 13.9. The molecule has 100 valence electrons. The number of rotatable bonds is 3. The summed E-state index contributed by atoms with van der Waals surface area (Å²) >= 11 is 15.6. The number of hydrogen-bond acceptors (Lipinski definition) is 1. The molecule has 0 amide bonds. The van der Waals surface area contributed by atoms with E-state index in [4.69, 9.17) is 27.9 Å². The second-order valence-electron chi connectivity index (χ2n) is 3.89. The minimum Gasteiger partial charge on any atom is -0.495 e. The Morgan fingerprint density at radius 3 is 2.47 bits per heavy atom. The molecule has 0 aliphatic carbocycles. The summed E-state index contributed by atoms with van der Waals surface area (Å²) in [5, 5.41) is 0.839. The molecular weight excluding hydrogens is 354 g/mol. The number of methoxy groups -OCH3 is 1. The molecule has 0 N–H and O–H groups in total. The third-order valence-corrected chi connectivity index (χ3v) is 4.33. The summed E-state index contributed by atoms with van der Waals surface area (Å²) in [4.78, 5) is -0.371. The van der Waals surface area contributed by atoms with E-state index in [2.05, 4.69) is 15.9 Å². The molecule has 1 atom stereocenters. The van der Waals surface area contributed by atoms with Crippen molar-refractivity contribution in [1.82, 2.24) is 0 Å². The van der Waals surface area contributed by atoms with Gasteiger partial charge in [-0.2, -0.15) is 0 Å². The van der Waals surface area contributed by atoms with Gasteiger partial charge in [-0.05, 0) is 29.8 Å². The minimum atomic E-state index is -0.371. The molecule has 0 aromatic heterocycles. The van der Waals surface area contributed by atoms with Gasteiger partial charge in [0.1, 0.15) is 11.6 Å². The summed E-state index contributed by atoms with van der Waals surface area (Å²) in [6.45, 7) is 0. The molecule has 1 nitrogen and oxygen atoms in total. The summed E-state index contributed by atoms with van der Waals surface area (Å²) in [5.41, 5.74) is 1.20. The largest absolute Gasteiger partial charge is 0.495 e. The van der Waals surface area contributed by atoms with E-state index in [9.17, 15) is 4.39 Å². The van der Waals surface area contributed by atoms with Crippen molar-refractivity contribution in [3.63, 3.8) is 0 Å². The second-order valence-corrected chi connectivity index (χ2v) is 5.62. The standard InChI is InChI=1S/C14H10BrCl2FO/c1-19-12-6-5-8(7-10(12)17)14(15)13-9(16)3-2-4-11(13)18/h2-7,14H,1H3. The van der Waals surface area contributed by atoms with Gasteiger partial charge in [0.05, 0.1) is 17.0 Å². The van der Waals surface area contributed by atoms with Crippen molar-refractivity contribution in [3.05, 3.63) is 63.4 Å². The molecule has 0 aliphatic heterocycles. The van der Waals surface area contributed by atoms with E-state index in [1.54, 1.807) is 31.4 Å². The zero-order valence-electron chi connectivity index (χ0n) is 9.96. The van der Waals surface area contributed by atoms with E-state index >= 15 is 0 Å². The Kier molecular flexibility index (Phi) is 4.71. The van der Waals surface area contributed by atoms with Crippen molar-refractivity contribution in [2.24, 2.45) is 0 Å². The SMILES string of the molecule is COc1ccc(C(Br)c2c(F)cccc2Cl)cc1Cl. The van der Waals surface area contributed by atoms with Crippen LogP contribution in [0.3, 0.4) is 0 Å². The van der Waals surface area contributed by atoms with Crippen LogP contribution in [0.2, 0.25) is 10.0 Å². The molecule has 1 unspecified atom stereocenters. The van der Waals surface area contributed by atoms with Crippen LogP contribution in [0, 0.1) is 5.82 Å². The molecule has 0 saturated heterocycles. The van der Waals surface area contributed by atoms with E-state index in [1.165, 1.54) is 6.07 Å². The van der Waals surface area contributed by atoms with Gasteiger partial charge in [0.2, 0.25) is 0 Å². The van der Waals surface area contributed by atoms with Gasteiger partial charge in [-0.25, -0.2) is 4.39 Å². The van der Waals surface area contributed by atoms with Gasteiger partial charge in [-0.15, -0.1) is 0 Å². The van der Waals surface area contributed by atoms with Crippen LogP contribution < -0.4 is 4.74 Å². The van der Waals surface area contributed by atoms with Crippen LogP contribution in [-0.2, 0) is 0 Å². The number of halogens is 4. The zero-order valence-corrected chi connectivity index (χ0v) is 13.1. The highest BCUT2D eigenvalue weighted by Gasteiger charge is 2.19. The molecule has 0 fully saturated rings. The number of benzene rings is 2. The average molecular weight is 364 g/mol. The number of ether oxygens (including phenoxy) is 1. The third-order valence-electron chi connectivity index (χ3n) is 2.72. The first kappa shape index (κ1) is 14.6. The Hall–Kier alpha value is -0.770. The first-order valence-electron chi connectivity index (χ1n) is 5.46. The van der Waals surface area contributed by atoms with Crippen LogP contribution in [-0.4, -0.2) is 7.11 Å². The van der Waals surface area contributed by atoms with E-state index in [1.807, 2.05) is 6.07 Å². The molecule has 0 aliphatic rings. The summed E-state index contributed by atoms with van der Waals surface area (Å²) < 4.78 is 18.9. The summed E-state index contributed by atoms with van der Waals surface area (Å²) in [6.07, 6.45) is 0. The quantitative estimate of drug-likeness (QED) is 0.642. The highest BCUT2D eigenvalue weighted by Crippen LogP contribution is 2.39. The van der Waals surface area contributed by atoms with Crippen molar-refractivity contribution in [3.8, 4) is 5.75 Å². The van der Waals surface area contributed by atoms with Gasteiger partial charge in [0.25, 0.3) is 0 Å². The van der Waals surface area contributed by atoms with Gasteiger partial charge in [-0.3, -0.25) is 0 Å². The predicted molar refractivity (Wildman–Crippen MR) is 80.2 cm³/mol. The first-order chi connectivity index (χ1) is 9.04. The van der Waals surface area contributed by atoms with Crippen molar-refractivity contribution in [2.75, 3.05) is 7.11 Å². The van der Waals surface area contributed by atoms with Crippen LogP contribution in [0.15, 0.2) is 36.4 Å². The molecule has 0 bridgehead atoms. The Bertz CT molecular complexity index is 584. The monoisotopic (exact) mass is 362 g/mol. The average Bonchev–Trinajstić information content (AvgIpc) is 2.38. The molecule has 19 heavy (non-hydrogen) atoms. The molecule has 2 aromatic carbocycles. The fourth-order valence-electron chi connectivity index (χ4n) is 1.76. The van der Waals surface area contributed by atoms with Crippen LogP contribution in [0.1, 0.15) is 16.0 Å². The van der Waals surface area contributed by atoms with Crippen molar-refractivity contribution >= 4 is 39.1 Å². The lowest BCUT2D eigenvalue weighted by Gasteiger charge is -2.14. The van der Waals surface area contributed by atoms with Gasteiger partial charge >= 0.3 is 0 Å². The minimum absolute atomic E-state index is 0.360. The van der Waals surface area contributed by atoms with Crippen LogP contribution in [0.5, 0.6) is 5.75 Å². The smallest absolute Gasteiger partial charge is 0.137 e. The summed E-state index contributed by atoms with van der Waals surface area (Å²) in [5.74, 6) is 0.214. The second kappa shape index (κ2) is 6.12. The Balaban J connectivity index is 2.44. The fraction of sp³-hybridized carbons (Fsp3) is 0.143. The molecule has 2 aromatic rings. The lowest BCUT2D eigenvalue weighted by atomic mass is 10.0. The molecule has 0 spiro atoms. The molecule has 0 saturated carbocycles. The van der Waals surface area contributed by atoms with Crippen LogP contribution >= 0.6 is 39.1 Å². The maximum absolute atomic E-state index is 13.9. The third kappa shape index (κ3) is 3.04. The van der Waals surface area contributed by atoms with E-state index < -0.39 is 0 Å². The van der Waals surface area contributed by atoms with Crippen molar-refractivity contribution < 1.29 is 9.13 Å². The van der Waals surface area contributed by atoms with Crippen molar-refractivity contribution in [1.29, 1.82) is 0 Å². The lowest BCUT2D eigenvalue weighted by Crippen LogP contribution is -1.98. The molecule has 0 heterocycles. The van der Waals surface area contributed by atoms with Crippen LogP contribution in [0.4, 0.5) is 4.39 Å². The van der Waals surface area contributed by atoms with Gasteiger partial charge in [0.15, 0.2) is 0 Å². The molecule has 2 rings (SSSR count).